The zero-order valence-electron chi connectivity index (χ0n) is 33.8. The van der Waals surface area contributed by atoms with Gasteiger partial charge in [0.2, 0.25) is 23.8 Å². The number of ether oxygens (including phenoxy) is 3. The lowest BCUT2D eigenvalue weighted by atomic mass is 10.1. The van der Waals surface area contributed by atoms with Gasteiger partial charge in [-0.15, -0.1) is 0 Å². The second kappa shape index (κ2) is 20.0. The number of likely N-dealkylation sites (N-methyl/N-ethyl adjacent to an activating group) is 2. The Morgan fingerprint density at radius 2 is 1.10 bits per heavy atom. The van der Waals surface area contributed by atoms with E-state index in [1.807, 2.05) is 73.2 Å². The fourth-order valence-electron chi connectivity index (χ4n) is 5.58. The van der Waals surface area contributed by atoms with Gasteiger partial charge in [0, 0.05) is 43.2 Å². The monoisotopic (exact) mass is 878 g/mol. The minimum atomic E-state index is -4.84. The maximum atomic E-state index is 12.7. The average Bonchev–Trinajstić information content (AvgIpc) is 3.20. The first-order valence-corrected chi connectivity index (χ1v) is 21.6. The molecule has 6 rings (SSSR count). The van der Waals surface area contributed by atoms with Crippen LogP contribution in [0.3, 0.4) is 0 Å². The SMILES string of the molecule is CN(C)CCOc1nc(Nc2ccccc2)nc(Nc2ccc(/C=C/c3ccc(Nc4nc(OCCN(C)C)nc(N5CCOCC5)n4)cc3S(=O)(=O)O)c(S(=O)(=O)O)c2)n1. The van der Waals surface area contributed by atoms with Crippen LogP contribution in [-0.2, 0) is 25.0 Å². The molecule has 2 aromatic heterocycles. The molecule has 0 amide bonds. The van der Waals surface area contributed by atoms with Crippen LogP contribution in [0, 0.1) is 0 Å². The number of para-hydroxylation sites is 1. The van der Waals surface area contributed by atoms with Crippen molar-refractivity contribution in [3.8, 4) is 12.0 Å². The van der Waals surface area contributed by atoms with E-state index in [1.54, 1.807) is 0 Å². The largest absolute Gasteiger partial charge is 0.462 e. The van der Waals surface area contributed by atoms with E-state index in [9.17, 15) is 25.9 Å². The number of rotatable bonds is 19. The van der Waals surface area contributed by atoms with E-state index in [2.05, 4.69) is 45.9 Å². The van der Waals surface area contributed by atoms with Crippen molar-refractivity contribution in [2.75, 3.05) is 102 Å². The lowest BCUT2D eigenvalue weighted by Crippen LogP contribution is -2.37. The van der Waals surface area contributed by atoms with Crippen molar-refractivity contribution >= 4 is 73.2 Å². The van der Waals surface area contributed by atoms with Crippen molar-refractivity contribution in [2.45, 2.75) is 9.79 Å². The zero-order chi connectivity index (χ0) is 43.6. The van der Waals surface area contributed by atoms with E-state index in [1.165, 1.54) is 42.5 Å². The van der Waals surface area contributed by atoms with E-state index in [0.717, 1.165) is 6.07 Å². The highest BCUT2D eigenvalue weighted by atomic mass is 32.2. The molecule has 0 saturated carbocycles. The minimum absolute atomic E-state index is 0.000623. The Morgan fingerprint density at radius 3 is 1.57 bits per heavy atom. The van der Waals surface area contributed by atoms with Gasteiger partial charge in [0.25, 0.3) is 20.2 Å². The number of nitrogens with one attached hydrogen (secondary N) is 3. The van der Waals surface area contributed by atoms with Crippen LogP contribution < -0.4 is 30.3 Å². The number of hydrogen-bond acceptors (Lipinski definition) is 19. The van der Waals surface area contributed by atoms with E-state index >= 15 is 0 Å². The summed E-state index contributed by atoms with van der Waals surface area (Å²) in [5, 5.41) is 8.98. The topological polar surface area (TPSA) is 260 Å². The molecule has 1 fully saturated rings. The summed E-state index contributed by atoms with van der Waals surface area (Å²) in [5.41, 5.74) is 1.07. The van der Waals surface area contributed by atoms with Crippen molar-refractivity contribution in [2.24, 2.45) is 0 Å². The molecule has 1 aliphatic rings. The third kappa shape index (κ3) is 13.2. The molecule has 0 unspecified atom stereocenters. The second-order valence-electron chi connectivity index (χ2n) is 13.9. The Labute approximate surface area is 353 Å². The highest BCUT2D eigenvalue weighted by Crippen LogP contribution is 2.29. The smallest absolute Gasteiger partial charge is 0.323 e. The van der Waals surface area contributed by atoms with E-state index in [0.29, 0.717) is 57.6 Å². The zero-order valence-corrected chi connectivity index (χ0v) is 35.4. The van der Waals surface area contributed by atoms with Gasteiger partial charge < -0.3 is 44.9 Å². The average molecular weight is 879 g/mol. The van der Waals surface area contributed by atoms with E-state index < -0.39 is 30.0 Å². The van der Waals surface area contributed by atoms with Gasteiger partial charge in [0.1, 0.15) is 23.0 Å². The lowest BCUT2D eigenvalue weighted by Gasteiger charge is -2.27. The first-order valence-electron chi connectivity index (χ1n) is 18.8. The predicted molar refractivity (Wildman–Crippen MR) is 229 cm³/mol. The summed E-state index contributed by atoms with van der Waals surface area (Å²) in [5.74, 6) is 0.543. The van der Waals surface area contributed by atoms with Crippen molar-refractivity contribution in [1.29, 1.82) is 0 Å². The molecule has 5 aromatic rings. The molecular formula is C38H46N12O9S2. The lowest BCUT2D eigenvalue weighted by molar-refractivity contribution is 0.122. The molecule has 0 bridgehead atoms. The summed E-state index contributed by atoms with van der Waals surface area (Å²) in [7, 11) is -2.10. The Bertz CT molecular complexity index is 2540. The minimum Gasteiger partial charge on any atom is -0.462 e. The normalized spacial score (nSPS) is 13.5. The second-order valence-corrected chi connectivity index (χ2v) is 16.7. The number of hydrogen-bond donors (Lipinski definition) is 5. The van der Waals surface area contributed by atoms with Gasteiger partial charge in [-0.3, -0.25) is 9.11 Å². The maximum Gasteiger partial charge on any atom is 0.323 e. The van der Waals surface area contributed by atoms with Gasteiger partial charge in [-0.05, 0) is 75.7 Å². The highest BCUT2D eigenvalue weighted by Gasteiger charge is 2.21. The number of benzene rings is 3. The molecule has 3 aromatic carbocycles. The molecule has 1 aliphatic heterocycles. The maximum absolute atomic E-state index is 12.7. The van der Waals surface area contributed by atoms with Crippen LogP contribution in [0.25, 0.3) is 12.2 Å². The summed E-state index contributed by atoms with van der Waals surface area (Å²) >= 11 is 0. The molecule has 0 atom stereocenters. The highest BCUT2D eigenvalue weighted by molar-refractivity contribution is 7.86. The van der Waals surface area contributed by atoms with Crippen molar-refractivity contribution in [3.05, 3.63) is 77.9 Å². The Balaban J connectivity index is 1.26. The van der Waals surface area contributed by atoms with Crippen LogP contribution >= 0.6 is 0 Å². The Morgan fingerprint density at radius 1 is 0.639 bits per heavy atom. The third-order valence-corrected chi connectivity index (χ3v) is 10.4. The fourth-order valence-corrected chi connectivity index (χ4v) is 7.00. The van der Waals surface area contributed by atoms with Gasteiger partial charge in [-0.2, -0.15) is 46.7 Å². The van der Waals surface area contributed by atoms with Crippen LogP contribution in [0.2, 0.25) is 0 Å². The summed E-state index contributed by atoms with van der Waals surface area (Å²) in [6.45, 7) is 3.79. The van der Waals surface area contributed by atoms with Crippen molar-refractivity contribution in [3.63, 3.8) is 0 Å². The molecule has 0 radical (unpaired) electrons. The summed E-state index contributed by atoms with van der Waals surface area (Å²) < 4.78 is 88.2. The van der Waals surface area contributed by atoms with Crippen LogP contribution in [0.5, 0.6) is 12.0 Å². The van der Waals surface area contributed by atoms with Crippen LogP contribution in [0.4, 0.5) is 40.9 Å². The van der Waals surface area contributed by atoms with E-state index in [4.69, 9.17) is 14.2 Å². The standard InChI is InChI=1S/C38H46N12O9S2/c1-48(2)16-22-58-37-44-33(39-28-8-6-5-7-9-28)42-34(45-37)40-29-14-12-26(31(24-29)60(51,52)53)10-11-27-13-15-30(25-32(27)61(54,55)56)41-35-43-36(50-18-20-57-21-19-50)47-38(46-35)59-23-17-49(3)4/h5-15,24-25H,16-23H2,1-4H3,(H,51,52,53)(H,54,55,56)(H,41,43,46,47)(H2,39,40,42,44,45)/b11-10+. The van der Waals surface area contributed by atoms with Crippen molar-refractivity contribution < 1.29 is 40.2 Å². The first kappa shape index (κ1) is 44.5. The molecule has 5 N–H and O–H groups in total. The molecule has 1 saturated heterocycles. The quantitative estimate of drug-likeness (QED) is 0.0585. The molecule has 0 aliphatic carbocycles. The molecule has 61 heavy (non-hydrogen) atoms. The van der Waals surface area contributed by atoms with Crippen LogP contribution in [-0.4, -0.2) is 146 Å². The summed E-state index contributed by atoms with van der Waals surface area (Å²) in [4.78, 5) is 31.1. The number of aromatic nitrogens is 6. The van der Waals surface area contributed by atoms with Gasteiger partial charge in [-0.25, -0.2) is 0 Å². The van der Waals surface area contributed by atoms with E-state index in [-0.39, 0.29) is 59.0 Å². The Hall–Kier alpha value is -6.08. The fraction of sp³-hybridized carbons (Fsp3) is 0.316. The van der Waals surface area contributed by atoms with Crippen LogP contribution in [0.1, 0.15) is 11.1 Å². The molecule has 0 spiro atoms. The van der Waals surface area contributed by atoms with Gasteiger partial charge in [-0.1, -0.05) is 42.5 Å². The number of anilines is 7. The van der Waals surface area contributed by atoms with Crippen LogP contribution in [0.15, 0.2) is 76.5 Å². The Kier molecular flexibility index (Phi) is 14.6. The summed E-state index contributed by atoms with van der Waals surface area (Å²) in [6, 6.07) is 17.3. The first-order chi connectivity index (χ1) is 29.1. The van der Waals surface area contributed by atoms with Gasteiger partial charge in [0.05, 0.1) is 13.2 Å². The number of nitrogens with zero attached hydrogens (tertiary/aromatic N) is 9. The van der Waals surface area contributed by atoms with Gasteiger partial charge in [0.15, 0.2) is 0 Å². The molecule has 23 heteroatoms. The van der Waals surface area contributed by atoms with Gasteiger partial charge >= 0.3 is 12.0 Å². The molecule has 21 nitrogen and oxygen atoms in total. The summed E-state index contributed by atoms with van der Waals surface area (Å²) in [6.07, 6.45) is 2.56. The number of morpholine rings is 1. The molecular weight excluding hydrogens is 833 g/mol. The molecule has 324 valence electrons. The predicted octanol–water partition coefficient (Wildman–Crippen LogP) is 3.67. The molecule has 3 heterocycles. The third-order valence-electron chi connectivity index (χ3n) is 8.62. The van der Waals surface area contributed by atoms with Crippen molar-refractivity contribution in [1.82, 2.24) is 39.7 Å².